The Morgan fingerprint density at radius 2 is 1.33 bits per heavy atom. The third kappa shape index (κ3) is 8.46. The number of aromatic hydroxyl groups is 1. The first-order valence-electron chi connectivity index (χ1n) is 14.2. The van der Waals surface area contributed by atoms with Gasteiger partial charge in [-0.3, -0.25) is 9.59 Å². The molecule has 0 aliphatic heterocycles. The van der Waals surface area contributed by atoms with Crippen LogP contribution in [0, 0.1) is 0 Å². The summed E-state index contributed by atoms with van der Waals surface area (Å²) in [5.41, 5.74) is 3.36. The lowest BCUT2D eigenvalue weighted by molar-refractivity contribution is -0.112. The van der Waals surface area contributed by atoms with Crippen molar-refractivity contribution >= 4 is 29.5 Å². The lowest BCUT2D eigenvalue weighted by atomic mass is 10.00. The van der Waals surface area contributed by atoms with Crippen LogP contribution in [0.1, 0.15) is 37.4 Å². The molecule has 5 rings (SSSR count). The monoisotopic (exact) mass is 598 g/mol. The molecule has 224 valence electrons. The van der Waals surface area contributed by atoms with E-state index in [-0.39, 0.29) is 23.6 Å². The molecule has 0 aromatic heterocycles. The highest BCUT2D eigenvalue weighted by Gasteiger charge is 2.15. The average Bonchev–Trinajstić information content (AvgIpc) is 3.06. The van der Waals surface area contributed by atoms with Gasteiger partial charge in [0.15, 0.2) is 0 Å². The SMILES string of the molecule is O=C(Nc1ccc(O)c(C(=O)O)c1)C(=Cc1ccccc1)Cc1ccc(C(=O)NCc2ccc(Oc3ccccc3)cc2)cc1. The van der Waals surface area contributed by atoms with Gasteiger partial charge in [0.25, 0.3) is 11.8 Å². The molecule has 5 aromatic rings. The molecular formula is C37H30N2O6. The minimum Gasteiger partial charge on any atom is -0.507 e. The molecule has 0 spiro atoms. The number of rotatable bonds is 11. The Balaban J connectivity index is 1.23. The second kappa shape index (κ2) is 14.3. The Morgan fingerprint density at radius 3 is 2.00 bits per heavy atom. The van der Waals surface area contributed by atoms with Crippen LogP contribution in [-0.2, 0) is 17.8 Å². The van der Waals surface area contributed by atoms with Crippen molar-refractivity contribution in [2.75, 3.05) is 5.32 Å². The van der Waals surface area contributed by atoms with Crippen LogP contribution in [-0.4, -0.2) is 28.0 Å². The van der Waals surface area contributed by atoms with E-state index in [0.29, 0.717) is 23.4 Å². The Kier molecular flexibility index (Phi) is 9.67. The Labute approximate surface area is 260 Å². The summed E-state index contributed by atoms with van der Waals surface area (Å²) in [5.74, 6) is -0.908. The number of carbonyl (C=O) groups excluding carboxylic acids is 2. The van der Waals surface area contributed by atoms with Crippen LogP contribution in [0.15, 0.2) is 133 Å². The second-order valence-electron chi connectivity index (χ2n) is 10.2. The first-order chi connectivity index (χ1) is 21.8. The average molecular weight is 599 g/mol. The summed E-state index contributed by atoms with van der Waals surface area (Å²) in [6.45, 7) is 0.344. The van der Waals surface area contributed by atoms with E-state index in [9.17, 15) is 24.6 Å². The van der Waals surface area contributed by atoms with Crippen LogP contribution in [0.2, 0.25) is 0 Å². The van der Waals surface area contributed by atoms with Gasteiger partial charge in [-0.25, -0.2) is 4.79 Å². The molecule has 0 unspecified atom stereocenters. The zero-order valence-electron chi connectivity index (χ0n) is 24.1. The van der Waals surface area contributed by atoms with Crippen LogP contribution < -0.4 is 15.4 Å². The van der Waals surface area contributed by atoms with Crippen molar-refractivity contribution in [1.82, 2.24) is 5.32 Å². The number of amides is 2. The molecule has 0 aliphatic carbocycles. The molecule has 0 fully saturated rings. The number of ether oxygens (including phenoxy) is 1. The molecule has 0 aliphatic rings. The first kappa shape index (κ1) is 30.3. The van der Waals surface area contributed by atoms with Gasteiger partial charge in [-0.1, -0.05) is 72.8 Å². The normalized spacial score (nSPS) is 11.0. The first-order valence-corrected chi connectivity index (χ1v) is 14.2. The number of nitrogens with one attached hydrogen (secondary N) is 2. The highest BCUT2D eigenvalue weighted by atomic mass is 16.5. The number of phenols is 1. The molecule has 8 nitrogen and oxygen atoms in total. The van der Waals surface area contributed by atoms with E-state index in [1.165, 1.54) is 18.2 Å². The van der Waals surface area contributed by atoms with Crippen molar-refractivity contribution in [3.8, 4) is 17.2 Å². The maximum Gasteiger partial charge on any atom is 0.339 e. The van der Waals surface area contributed by atoms with Gasteiger partial charge in [-0.2, -0.15) is 0 Å². The van der Waals surface area contributed by atoms with Crippen molar-refractivity contribution in [1.29, 1.82) is 0 Å². The number of hydrogen-bond acceptors (Lipinski definition) is 5. The molecule has 0 bridgehead atoms. The summed E-state index contributed by atoms with van der Waals surface area (Å²) in [5, 5.41) is 24.8. The van der Waals surface area contributed by atoms with Crippen molar-refractivity contribution in [3.63, 3.8) is 0 Å². The molecule has 45 heavy (non-hydrogen) atoms. The number of carbonyl (C=O) groups is 3. The van der Waals surface area contributed by atoms with Crippen molar-refractivity contribution < 1.29 is 29.3 Å². The van der Waals surface area contributed by atoms with Crippen LogP contribution >= 0.6 is 0 Å². The van der Waals surface area contributed by atoms with Crippen molar-refractivity contribution in [3.05, 3.63) is 161 Å². The molecule has 0 radical (unpaired) electrons. The second-order valence-corrected chi connectivity index (χ2v) is 10.2. The molecule has 2 amide bonds. The van der Waals surface area contributed by atoms with E-state index in [2.05, 4.69) is 10.6 Å². The van der Waals surface area contributed by atoms with Crippen LogP contribution in [0.4, 0.5) is 5.69 Å². The Hall–Kier alpha value is -6.15. The predicted octanol–water partition coefficient (Wildman–Crippen LogP) is 7.08. The summed E-state index contributed by atoms with van der Waals surface area (Å²) >= 11 is 0. The van der Waals surface area contributed by atoms with E-state index < -0.39 is 17.6 Å². The van der Waals surface area contributed by atoms with Crippen molar-refractivity contribution in [2.45, 2.75) is 13.0 Å². The van der Waals surface area contributed by atoms with E-state index in [4.69, 9.17) is 4.74 Å². The van der Waals surface area contributed by atoms with Gasteiger partial charge in [0.1, 0.15) is 22.8 Å². The summed E-state index contributed by atoms with van der Waals surface area (Å²) in [6.07, 6.45) is 2.01. The smallest absolute Gasteiger partial charge is 0.339 e. The third-order valence-electron chi connectivity index (χ3n) is 6.88. The minimum atomic E-state index is -1.31. The summed E-state index contributed by atoms with van der Waals surface area (Å²) in [6, 6.07) is 37.2. The Bertz CT molecular complexity index is 1820. The maximum atomic E-state index is 13.3. The van der Waals surface area contributed by atoms with Gasteiger partial charge in [0.2, 0.25) is 0 Å². The molecule has 0 saturated heterocycles. The fourth-order valence-electron chi connectivity index (χ4n) is 4.52. The number of benzene rings is 5. The quantitative estimate of drug-likeness (QED) is 0.0952. The lowest BCUT2D eigenvalue weighted by Gasteiger charge is -2.12. The fraction of sp³-hybridized carbons (Fsp3) is 0.0541. The standard InChI is InChI=1S/C37H30N2O6/c40-34-20-17-30(23-33(34)37(43)44)39-36(42)29(21-25-7-3-1-4-8-25)22-26-11-15-28(16-12-26)35(41)38-24-27-13-18-32(19-14-27)45-31-9-5-2-6-10-31/h1-21,23,40H,22,24H2,(H,38,41)(H,39,42)(H,43,44). The van der Waals surface area contributed by atoms with E-state index in [1.54, 1.807) is 30.3 Å². The fourth-order valence-corrected chi connectivity index (χ4v) is 4.52. The molecule has 0 heterocycles. The van der Waals surface area contributed by atoms with Gasteiger partial charge < -0.3 is 25.6 Å². The van der Waals surface area contributed by atoms with Crippen molar-refractivity contribution in [2.24, 2.45) is 0 Å². The van der Waals surface area contributed by atoms with Gasteiger partial charge in [0.05, 0.1) is 0 Å². The Morgan fingerprint density at radius 1 is 0.711 bits per heavy atom. The summed E-state index contributed by atoms with van der Waals surface area (Å²) in [7, 11) is 0. The van der Waals surface area contributed by atoms with E-state index in [1.807, 2.05) is 84.9 Å². The zero-order valence-corrected chi connectivity index (χ0v) is 24.1. The molecule has 0 atom stereocenters. The van der Waals surface area contributed by atoms with E-state index >= 15 is 0 Å². The molecular weight excluding hydrogens is 568 g/mol. The van der Waals surface area contributed by atoms with Gasteiger partial charge in [-0.05, 0) is 77.4 Å². The maximum absolute atomic E-state index is 13.3. The number of hydrogen-bond donors (Lipinski definition) is 4. The van der Waals surface area contributed by atoms with Crippen LogP contribution in [0.3, 0.4) is 0 Å². The number of aromatic carboxylic acids is 1. The molecule has 5 aromatic carbocycles. The minimum absolute atomic E-state index is 0.231. The topological polar surface area (TPSA) is 125 Å². The van der Waals surface area contributed by atoms with Gasteiger partial charge >= 0.3 is 5.97 Å². The molecule has 4 N–H and O–H groups in total. The van der Waals surface area contributed by atoms with E-state index in [0.717, 1.165) is 22.4 Å². The number of carboxylic acid groups (broad SMARTS) is 1. The molecule has 8 heteroatoms. The van der Waals surface area contributed by atoms with Crippen LogP contribution in [0.5, 0.6) is 17.2 Å². The van der Waals surface area contributed by atoms with Gasteiger partial charge in [0, 0.05) is 29.8 Å². The predicted molar refractivity (Wildman–Crippen MR) is 172 cm³/mol. The third-order valence-corrected chi connectivity index (χ3v) is 6.88. The van der Waals surface area contributed by atoms with Crippen LogP contribution in [0.25, 0.3) is 6.08 Å². The largest absolute Gasteiger partial charge is 0.507 e. The highest BCUT2D eigenvalue weighted by Crippen LogP contribution is 2.24. The molecule has 0 saturated carbocycles. The zero-order chi connectivity index (χ0) is 31.6. The lowest BCUT2D eigenvalue weighted by Crippen LogP contribution is -2.22. The van der Waals surface area contributed by atoms with Gasteiger partial charge in [-0.15, -0.1) is 0 Å². The summed E-state index contributed by atoms with van der Waals surface area (Å²) in [4.78, 5) is 37.6. The summed E-state index contributed by atoms with van der Waals surface area (Å²) < 4.78 is 5.82. The highest BCUT2D eigenvalue weighted by molar-refractivity contribution is 6.07. The number of anilines is 1. The number of carboxylic acids is 1. The number of para-hydroxylation sites is 1.